The molecule has 0 radical (unpaired) electrons. The largest absolute Gasteiger partial charge is 0.543 e. The number of nitrogen functional groups attached to an aromatic ring is 1. The van der Waals surface area contributed by atoms with Gasteiger partial charge < -0.3 is 36.0 Å². The molecule has 0 aliphatic carbocycles. The molecule has 14 nitrogen and oxygen atoms in total. The third-order valence-corrected chi connectivity index (χ3v) is 7.07. The number of anilines is 1. The van der Waals surface area contributed by atoms with Gasteiger partial charge in [0.25, 0.3) is 18.7 Å². The number of nitrogens with two attached hydrogens (primary N) is 2. The maximum Gasteiger partial charge on any atom is 0.278 e. The first-order chi connectivity index (χ1) is 16.4. The summed E-state index contributed by atoms with van der Waals surface area (Å²) < 4.78 is 16.5. The summed E-state index contributed by atoms with van der Waals surface area (Å²) in [7, 11) is 3.61. The molecule has 0 spiro atoms. The Balaban J connectivity index is 1.78. The van der Waals surface area contributed by atoms with Crippen LogP contribution in [0.5, 0.6) is 0 Å². The molecular formula is C18H23FN8O6S2. The fourth-order valence-electron chi connectivity index (χ4n) is 3.62. The van der Waals surface area contributed by atoms with Crippen LogP contribution in [-0.2, 0) is 24.0 Å². The van der Waals surface area contributed by atoms with Gasteiger partial charge in [0.1, 0.15) is 18.0 Å². The molecule has 0 aromatic carbocycles. The van der Waals surface area contributed by atoms with E-state index >= 15 is 0 Å². The molecule has 2 aliphatic heterocycles. The van der Waals surface area contributed by atoms with Crippen LogP contribution in [-0.4, -0.2) is 99.4 Å². The molecule has 190 valence electrons. The molecule has 35 heavy (non-hydrogen) atoms. The number of carboxylic acids is 1. The monoisotopic (exact) mass is 530 g/mol. The number of likely N-dealkylation sites (N-methyl/N-ethyl adjacent to an activating group) is 1. The maximum atomic E-state index is 12.9. The van der Waals surface area contributed by atoms with Crippen LogP contribution in [0.1, 0.15) is 12.2 Å². The number of thioether (sulfide) groups is 1. The van der Waals surface area contributed by atoms with Crippen molar-refractivity contribution in [1.82, 2.24) is 19.6 Å². The summed E-state index contributed by atoms with van der Waals surface area (Å²) >= 11 is 2.03. The lowest BCUT2D eigenvalue weighted by Crippen LogP contribution is -2.71. The Labute approximate surface area is 206 Å². The highest BCUT2D eigenvalue weighted by molar-refractivity contribution is 8.00. The normalized spacial score (nSPS) is 20.3. The minimum atomic E-state index is -1.53. The molecule has 1 aromatic rings. The molecule has 1 aromatic heterocycles. The molecule has 1 saturated heterocycles. The molecule has 2 aliphatic rings. The smallest absolute Gasteiger partial charge is 0.278 e. The molecule has 5 N–H and O–H groups in total. The van der Waals surface area contributed by atoms with E-state index in [0.29, 0.717) is 12.1 Å². The number of hydrogen-bond acceptors (Lipinski definition) is 12. The Kier molecular flexibility index (Phi) is 7.91. The molecular weight excluding hydrogens is 507 g/mol. The van der Waals surface area contributed by atoms with Gasteiger partial charge in [0.15, 0.2) is 5.13 Å². The molecule has 0 saturated carbocycles. The number of fused-ring (bicyclic) bond motifs is 1. The van der Waals surface area contributed by atoms with Gasteiger partial charge in [0.2, 0.25) is 17.4 Å². The zero-order valence-corrected chi connectivity index (χ0v) is 20.4. The van der Waals surface area contributed by atoms with Crippen LogP contribution in [0.3, 0.4) is 0 Å². The number of carbonyl (C=O) groups is 4. The van der Waals surface area contributed by atoms with Crippen molar-refractivity contribution >= 4 is 57.8 Å². The summed E-state index contributed by atoms with van der Waals surface area (Å²) in [5, 5.41) is 17.1. The molecule has 1 fully saturated rings. The first kappa shape index (κ1) is 26.3. The lowest BCUT2D eigenvalue weighted by Gasteiger charge is -2.51. The number of amides is 3. The lowest BCUT2D eigenvalue weighted by molar-refractivity contribution is -0.885. The number of halogens is 1. The first-order valence-electron chi connectivity index (χ1n) is 10.1. The standard InChI is InChI=1S/C18H23FN8O6S2/c1-27(2,4-3-9(20)28)5-8-6-34-16-11(15(30)26(16)12(8)17(31)32)22-14(29)10(24-33-7-19)13-23-18(21)35-25-13/h11,16H,3-7H2,1-2H3,(H5-,20,21,22,23,25,28,29,31,32)/b24-10-/t11-,16+/m1/s1. The number of carboxylic acid groups (broad SMARTS) is 1. The number of nitrogens with zero attached hydrogens (tertiary/aromatic N) is 5. The number of hydrogen-bond donors (Lipinski definition) is 3. The number of carbonyl (C=O) groups excluding carboxylic acids is 4. The van der Waals surface area contributed by atoms with Crippen LogP contribution in [0.15, 0.2) is 16.4 Å². The Morgan fingerprint density at radius 2 is 2.11 bits per heavy atom. The lowest BCUT2D eigenvalue weighted by atomic mass is 10.0. The van der Waals surface area contributed by atoms with Gasteiger partial charge in [-0.25, -0.2) is 4.39 Å². The second-order valence-electron chi connectivity index (χ2n) is 8.27. The van der Waals surface area contributed by atoms with Crippen molar-refractivity contribution in [2.24, 2.45) is 10.9 Å². The molecule has 17 heteroatoms. The number of alkyl halides is 1. The van der Waals surface area contributed by atoms with E-state index in [-0.39, 0.29) is 39.9 Å². The van der Waals surface area contributed by atoms with Crippen LogP contribution in [0.25, 0.3) is 0 Å². The summed E-state index contributed by atoms with van der Waals surface area (Å²) in [6.07, 6.45) is 0.114. The number of aliphatic carboxylic acids is 1. The average Bonchev–Trinajstić information content (AvgIpc) is 3.21. The third-order valence-electron chi connectivity index (χ3n) is 5.18. The van der Waals surface area contributed by atoms with Crippen LogP contribution in [0, 0.1) is 0 Å². The van der Waals surface area contributed by atoms with Gasteiger partial charge in [-0.2, -0.15) is 9.36 Å². The highest BCUT2D eigenvalue weighted by Crippen LogP contribution is 2.40. The van der Waals surface area contributed by atoms with E-state index in [1.807, 2.05) is 0 Å². The van der Waals surface area contributed by atoms with E-state index in [2.05, 4.69) is 24.7 Å². The van der Waals surface area contributed by atoms with Crippen molar-refractivity contribution < 1.29 is 38.0 Å². The number of rotatable bonds is 11. The number of nitrogens with one attached hydrogen (secondary N) is 1. The van der Waals surface area contributed by atoms with Crippen molar-refractivity contribution in [3.05, 3.63) is 17.1 Å². The minimum Gasteiger partial charge on any atom is -0.543 e. The maximum absolute atomic E-state index is 12.9. The second-order valence-corrected chi connectivity index (χ2v) is 10.2. The molecule has 3 amide bonds. The summed E-state index contributed by atoms with van der Waals surface area (Å²) in [6, 6.07) is -1.09. The van der Waals surface area contributed by atoms with Gasteiger partial charge >= 0.3 is 0 Å². The van der Waals surface area contributed by atoms with Gasteiger partial charge in [-0.15, -0.1) is 11.8 Å². The Bertz CT molecular complexity index is 1110. The van der Waals surface area contributed by atoms with Gasteiger partial charge in [0.05, 0.1) is 38.7 Å². The number of oxime groups is 1. The van der Waals surface area contributed by atoms with Crippen molar-refractivity contribution in [2.45, 2.75) is 17.8 Å². The molecule has 3 rings (SSSR count). The first-order valence-corrected chi connectivity index (χ1v) is 11.9. The Hall–Kier alpha value is -3.31. The second kappa shape index (κ2) is 10.5. The van der Waals surface area contributed by atoms with Crippen LogP contribution in [0.2, 0.25) is 0 Å². The van der Waals surface area contributed by atoms with E-state index in [4.69, 9.17) is 11.5 Å². The number of β-lactam (4-membered cyclic amide) rings is 1. The highest BCUT2D eigenvalue weighted by atomic mass is 32.2. The van der Waals surface area contributed by atoms with Gasteiger partial charge in [-0.05, 0) is 0 Å². The van der Waals surface area contributed by atoms with E-state index in [0.717, 1.165) is 16.4 Å². The van der Waals surface area contributed by atoms with Crippen LogP contribution in [0.4, 0.5) is 9.52 Å². The molecule has 0 bridgehead atoms. The highest BCUT2D eigenvalue weighted by Gasteiger charge is 2.53. The van der Waals surface area contributed by atoms with E-state index < -0.39 is 47.7 Å². The van der Waals surface area contributed by atoms with Crippen LogP contribution < -0.4 is 21.9 Å². The van der Waals surface area contributed by atoms with Crippen molar-refractivity contribution in [1.29, 1.82) is 0 Å². The number of quaternary nitrogens is 1. The topological polar surface area (TPSA) is 206 Å². The summed E-state index contributed by atoms with van der Waals surface area (Å²) in [4.78, 5) is 57.9. The summed E-state index contributed by atoms with van der Waals surface area (Å²) in [5.74, 6) is -3.57. The Morgan fingerprint density at radius 1 is 1.40 bits per heavy atom. The molecule has 0 unspecified atom stereocenters. The average molecular weight is 531 g/mol. The third kappa shape index (κ3) is 5.85. The van der Waals surface area contributed by atoms with Gasteiger partial charge in [-0.1, -0.05) is 5.16 Å². The fourth-order valence-corrected chi connectivity index (χ4v) is 5.39. The summed E-state index contributed by atoms with van der Waals surface area (Å²) in [5.41, 5.74) is 10.4. The zero-order valence-electron chi connectivity index (χ0n) is 18.7. The minimum absolute atomic E-state index is 0.0305. The predicted octanol–water partition coefficient (Wildman–Crippen LogP) is -2.88. The van der Waals surface area contributed by atoms with E-state index in [1.165, 1.54) is 11.8 Å². The van der Waals surface area contributed by atoms with Crippen molar-refractivity contribution in [3.63, 3.8) is 0 Å². The van der Waals surface area contributed by atoms with Crippen molar-refractivity contribution in [2.75, 3.05) is 45.5 Å². The van der Waals surface area contributed by atoms with E-state index in [9.17, 15) is 28.7 Å². The molecule has 2 atom stereocenters. The van der Waals surface area contributed by atoms with Crippen LogP contribution >= 0.6 is 23.3 Å². The summed E-state index contributed by atoms with van der Waals surface area (Å²) in [6.45, 7) is -0.703. The zero-order chi connectivity index (χ0) is 25.9. The fraction of sp³-hybridized carbons (Fsp3) is 0.500. The number of primary amides is 1. The Morgan fingerprint density at radius 3 is 2.69 bits per heavy atom. The van der Waals surface area contributed by atoms with E-state index in [1.54, 1.807) is 14.1 Å². The quantitative estimate of drug-likeness (QED) is 0.115. The molecule has 3 heterocycles. The predicted molar refractivity (Wildman–Crippen MR) is 121 cm³/mol. The SMILES string of the molecule is C[N+](C)(CCC(N)=O)CC1=C(C(=O)[O-])N2C(=O)[C@@H](NC(=O)/C(=N\OCF)c3nsc(N)n3)[C@@H]2SC1. The van der Waals surface area contributed by atoms with Crippen molar-refractivity contribution in [3.8, 4) is 0 Å². The number of aromatic nitrogens is 2. The van der Waals surface area contributed by atoms with Gasteiger partial charge in [0, 0.05) is 22.9 Å². The van der Waals surface area contributed by atoms with Gasteiger partial charge in [-0.3, -0.25) is 19.3 Å².